The van der Waals surface area contributed by atoms with Crippen LogP contribution in [0.5, 0.6) is 0 Å². The number of amides is 1. The number of aromatic nitrogens is 1. The molecule has 4 rings (SSSR count). The summed E-state index contributed by atoms with van der Waals surface area (Å²) in [6, 6.07) is 23.7. The zero-order valence-corrected chi connectivity index (χ0v) is 18.3. The fraction of sp³-hybridized carbons (Fsp3) is 0.269. The number of carbonyl (C=O) groups excluding carboxylic acids is 1. The first kappa shape index (κ1) is 21.1. The summed E-state index contributed by atoms with van der Waals surface area (Å²) in [5.74, 6) is 0.605. The number of thioether (sulfide) groups is 1. The van der Waals surface area contributed by atoms with Crippen LogP contribution < -0.4 is 4.90 Å². The summed E-state index contributed by atoms with van der Waals surface area (Å²) in [5.41, 5.74) is 4.67. The molecule has 0 spiro atoms. The van der Waals surface area contributed by atoms with Crippen LogP contribution in [0, 0.1) is 11.3 Å². The molecule has 1 amide bonds. The molecule has 0 saturated heterocycles. The van der Waals surface area contributed by atoms with Crippen molar-refractivity contribution in [1.82, 2.24) is 4.98 Å². The van der Waals surface area contributed by atoms with E-state index in [0.717, 1.165) is 47.8 Å². The van der Waals surface area contributed by atoms with E-state index in [1.807, 2.05) is 66.7 Å². The van der Waals surface area contributed by atoms with Crippen LogP contribution in [-0.4, -0.2) is 16.6 Å². The molecule has 0 unspecified atom stereocenters. The second kappa shape index (κ2) is 10.3. The molecule has 2 aromatic carbocycles. The van der Waals surface area contributed by atoms with Gasteiger partial charge in [0.15, 0.2) is 0 Å². The molecule has 0 atom stereocenters. The SMILES string of the molecule is N#Cc1cc2c(nc1SCCC(=O)N(c1ccccc1)c1ccccc1)CCCCC2. The molecular weight excluding hydrogens is 402 g/mol. The minimum absolute atomic E-state index is 0.0261. The van der Waals surface area contributed by atoms with E-state index in [2.05, 4.69) is 6.07 Å². The van der Waals surface area contributed by atoms with Crippen LogP contribution >= 0.6 is 11.8 Å². The van der Waals surface area contributed by atoms with Gasteiger partial charge in [0.25, 0.3) is 0 Å². The van der Waals surface area contributed by atoms with E-state index in [1.54, 1.807) is 4.90 Å². The fourth-order valence-electron chi connectivity index (χ4n) is 3.92. The van der Waals surface area contributed by atoms with Crippen LogP contribution in [-0.2, 0) is 17.6 Å². The largest absolute Gasteiger partial charge is 0.281 e. The number of fused-ring (bicyclic) bond motifs is 1. The van der Waals surface area contributed by atoms with Gasteiger partial charge in [-0.3, -0.25) is 9.69 Å². The van der Waals surface area contributed by atoms with Gasteiger partial charge in [-0.2, -0.15) is 5.26 Å². The summed E-state index contributed by atoms with van der Waals surface area (Å²) in [4.78, 5) is 19.8. The summed E-state index contributed by atoms with van der Waals surface area (Å²) < 4.78 is 0. The quantitative estimate of drug-likeness (QED) is 0.354. The van der Waals surface area contributed by atoms with E-state index in [4.69, 9.17) is 4.98 Å². The number of pyridine rings is 1. The van der Waals surface area contributed by atoms with E-state index < -0.39 is 0 Å². The summed E-state index contributed by atoms with van der Waals surface area (Å²) in [5, 5.41) is 10.4. The van der Waals surface area contributed by atoms with Gasteiger partial charge in [-0.05, 0) is 61.6 Å². The third kappa shape index (κ3) is 5.15. The van der Waals surface area contributed by atoms with E-state index in [1.165, 1.54) is 23.7 Å². The molecule has 0 aliphatic heterocycles. The Kier molecular flexibility index (Phi) is 7.01. The van der Waals surface area contributed by atoms with Gasteiger partial charge in [-0.15, -0.1) is 11.8 Å². The van der Waals surface area contributed by atoms with Crippen LogP contribution in [0.4, 0.5) is 11.4 Å². The molecule has 0 saturated carbocycles. The molecular formula is C26H25N3OS. The van der Waals surface area contributed by atoms with Crippen molar-refractivity contribution in [2.24, 2.45) is 0 Å². The molecule has 0 radical (unpaired) electrons. The second-order valence-electron chi connectivity index (χ2n) is 7.62. The molecule has 1 heterocycles. The van der Waals surface area contributed by atoms with Gasteiger partial charge >= 0.3 is 0 Å². The maximum absolute atomic E-state index is 13.2. The van der Waals surface area contributed by atoms with Gasteiger partial charge < -0.3 is 0 Å². The van der Waals surface area contributed by atoms with E-state index >= 15 is 0 Å². The average Bonchev–Trinajstić information content (AvgIpc) is 3.05. The first-order valence-electron chi connectivity index (χ1n) is 10.7. The predicted molar refractivity (Wildman–Crippen MR) is 126 cm³/mol. The van der Waals surface area contributed by atoms with Gasteiger partial charge in [0, 0.05) is 29.2 Å². The van der Waals surface area contributed by atoms with Crippen molar-refractivity contribution in [2.75, 3.05) is 10.7 Å². The van der Waals surface area contributed by atoms with Crippen LogP contribution in [0.25, 0.3) is 0 Å². The number of nitrogens with zero attached hydrogens (tertiary/aromatic N) is 3. The third-order valence-corrected chi connectivity index (χ3v) is 6.46. The molecule has 156 valence electrons. The summed E-state index contributed by atoms with van der Waals surface area (Å²) in [6.45, 7) is 0. The first-order valence-corrected chi connectivity index (χ1v) is 11.7. The number of anilines is 2. The molecule has 5 heteroatoms. The molecule has 4 nitrogen and oxygen atoms in total. The fourth-order valence-corrected chi connectivity index (χ4v) is 4.82. The normalized spacial score (nSPS) is 13.0. The first-order chi connectivity index (χ1) is 15.3. The van der Waals surface area contributed by atoms with Crippen molar-refractivity contribution in [2.45, 2.75) is 43.6 Å². The molecule has 0 N–H and O–H groups in total. The Balaban J connectivity index is 1.49. The number of carbonyl (C=O) groups is 1. The maximum Gasteiger partial charge on any atom is 0.232 e. The Hall–Kier alpha value is -3.10. The van der Waals surface area contributed by atoms with Gasteiger partial charge in [-0.25, -0.2) is 4.98 Å². The number of para-hydroxylation sites is 2. The number of benzene rings is 2. The van der Waals surface area contributed by atoms with Crippen molar-refractivity contribution in [3.63, 3.8) is 0 Å². The Morgan fingerprint density at radius 2 is 1.61 bits per heavy atom. The van der Waals surface area contributed by atoms with Crippen molar-refractivity contribution in [3.05, 3.63) is 83.6 Å². The van der Waals surface area contributed by atoms with Crippen LogP contribution in [0.15, 0.2) is 71.8 Å². The summed E-state index contributed by atoms with van der Waals surface area (Å²) in [7, 11) is 0. The second-order valence-corrected chi connectivity index (χ2v) is 8.70. The zero-order valence-electron chi connectivity index (χ0n) is 17.5. The molecule has 0 bridgehead atoms. The monoisotopic (exact) mass is 427 g/mol. The minimum atomic E-state index is 0.0261. The molecule has 1 aromatic heterocycles. The van der Waals surface area contributed by atoms with E-state index in [9.17, 15) is 10.1 Å². The Morgan fingerprint density at radius 1 is 0.968 bits per heavy atom. The molecule has 1 aliphatic carbocycles. The molecule has 1 aliphatic rings. The Labute approximate surface area is 187 Å². The highest BCUT2D eigenvalue weighted by atomic mass is 32.2. The van der Waals surface area contributed by atoms with Gasteiger partial charge in [-0.1, -0.05) is 42.8 Å². The van der Waals surface area contributed by atoms with Crippen molar-refractivity contribution < 1.29 is 4.79 Å². The minimum Gasteiger partial charge on any atom is -0.281 e. The van der Waals surface area contributed by atoms with Crippen LogP contribution in [0.1, 0.15) is 42.5 Å². The lowest BCUT2D eigenvalue weighted by molar-refractivity contribution is -0.117. The molecule has 3 aromatic rings. The van der Waals surface area contributed by atoms with Gasteiger partial charge in [0.05, 0.1) is 5.56 Å². The van der Waals surface area contributed by atoms with Crippen LogP contribution in [0.2, 0.25) is 0 Å². The van der Waals surface area contributed by atoms with Crippen molar-refractivity contribution >= 4 is 29.0 Å². The highest BCUT2D eigenvalue weighted by molar-refractivity contribution is 7.99. The maximum atomic E-state index is 13.2. The van der Waals surface area contributed by atoms with E-state index in [-0.39, 0.29) is 5.91 Å². The highest BCUT2D eigenvalue weighted by Crippen LogP contribution is 2.29. The van der Waals surface area contributed by atoms with E-state index in [0.29, 0.717) is 17.7 Å². The van der Waals surface area contributed by atoms with Gasteiger partial charge in [0.2, 0.25) is 5.91 Å². The topological polar surface area (TPSA) is 57.0 Å². The number of aryl methyl sites for hydroxylation is 2. The summed E-state index contributed by atoms with van der Waals surface area (Å²) >= 11 is 1.51. The highest BCUT2D eigenvalue weighted by Gasteiger charge is 2.19. The number of nitriles is 1. The summed E-state index contributed by atoms with van der Waals surface area (Å²) in [6.07, 6.45) is 5.86. The Bertz CT molecular complexity index is 1040. The van der Waals surface area contributed by atoms with Crippen LogP contribution in [0.3, 0.4) is 0 Å². The predicted octanol–water partition coefficient (Wildman–Crippen LogP) is 6.07. The van der Waals surface area contributed by atoms with Crippen molar-refractivity contribution in [3.8, 4) is 6.07 Å². The molecule has 31 heavy (non-hydrogen) atoms. The number of hydrogen-bond acceptors (Lipinski definition) is 4. The lowest BCUT2D eigenvalue weighted by atomic mass is 10.1. The standard InChI is InChI=1S/C26H25N3OS/c27-19-21-18-20-10-4-1-9-15-24(20)28-26(21)31-17-16-25(30)29(22-11-5-2-6-12-22)23-13-7-3-8-14-23/h2-3,5-8,11-14,18H,1,4,9-10,15-17H2. The van der Waals surface area contributed by atoms with Gasteiger partial charge in [0.1, 0.15) is 11.1 Å². The average molecular weight is 428 g/mol. The number of hydrogen-bond donors (Lipinski definition) is 0. The lowest BCUT2D eigenvalue weighted by Crippen LogP contribution is -2.26. The lowest BCUT2D eigenvalue weighted by Gasteiger charge is -2.23. The van der Waals surface area contributed by atoms with Crippen molar-refractivity contribution in [1.29, 1.82) is 5.26 Å². The number of rotatable bonds is 6. The molecule has 0 fully saturated rings. The Morgan fingerprint density at radius 3 is 2.26 bits per heavy atom. The third-order valence-electron chi connectivity index (χ3n) is 5.47. The zero-order chi connectivity index (χ0) is 21.5. The smallest absolute Gasteiger partial charge is 0.232 e.